The van der Waals surface area contributed by atoms with Crippen molar-refractivity contribution >= 4 is 32.8 Å². The van der Waals surface area contributed by atoms with Crippen LogP contribution in [0.2, 0.25) is 0 Å². The summed E-state index contributed by atoms with van der Waals surface area (Å²) in [6.45, 7) is 3.85. The number of nitrogens with zero attached hydrogens (tertiary/aromatic N) is 1. The van der Waals surface area contributed by atoms with Gasteiger partial charge in [0, 0.05) is 27.1 Å². The van der Waals surface area contributed by atoms with Gasteiger partial charge in [-0.3, -0.25) is 0 Å². The van der Waals surface area contributed by atoms with E-state index in [-0.39, 0.29) is 0 Å². The number of benzene rings is 1. The summed E-state index contributed by atoms with van der Waals surface area (Å²) in [5.74, 6) is 0. The number of aromatic nitrogens is 1. The Morgan fingerprint density at radius 3 is 2.79 bits per heavy atom. The summed E-state index contributed by atoms with van der Waals surface area (Å²) in [7, 11) is 0. The molecule has 3 rings (SSSR count). The van der Waals surface area contributed by atoms with Crippen molar-refractivity contribution in [2.45, 2.75) is 25.9 Å². The lowest BCUT2D eigenvalue weighted by Crippen LogP contribution is -2.22. The number of thiazole rings is 1. The predicted molar refractivity (Wildman–Crippen MR) is 82.0 cm³/mol. The van der Waals surface area contributed by atoms with E-state index in [9.17, 15) is 5.11 Å². The van der Waals surface area contributed by atoms with Gasteiger partial charge in [-0.15, -0.1) is 22.7 Å². The van der Waals surface area contributed by atoms with Crippen LogP contribution in [0.25, 0.3) is 10.1 Å². The van der Waals surface area contributed by atoms with Gasteiger partial charge >= 0.3 is 0 Å². The Morgan fingerprint density at radius 1 is 1.32 bits per heavy atom. The molecule has 1 atom stereocenters. The molecule has 1 N–H and O–H groups in total. The highest BCUT2D eigenvalue weighted by Crippen LogP contribution is 2.35. The van der Waals surface area contributed by atoms with Crippen LogP contribution in [0.5, 0.6) is 0 Å². The van der Waals surface area contributed by atoms with E-state index >= 15 is 0 Å². The molecule has 0 bridgehead atoms. The second-order valence-corrected chi connectivity index (χ2v) is 7.01. The molecule has 98 valence electrons. The molecular formula is C15H15NOS2. The van der Waals surface area contributed by atoms with Gasteiger partial charge in [-0.2, -0.15) is 0 Å². The summed E-state index contributed by atoms with van der Waals surface area (Å²) in [6, 6.07) is 10.3. The van der Waals surface area contributed by atoms with Crippen molar-refractivity contribution in [3.63, 3.8) is 0 Å². The third-order valence-corrected chi connectivity index (χ3v) is 5.45. The summed E-state index contributed by atoms with van der Waals surface area (Å²) < 4.78 is 1.22. The van der Waals surface area contributed by atoms with Gasteiger partial charge in [-0.25, -0.2) is 4.98 Å². The van der Waals surface area contributed by atoms with E-state index in [0.717, 1.165) is 15.6 Å². The summed E-state index contributed by atoms with van der Waals surface area (Å²) in [4.78, 5) is 5.44. The van der Waals surface area contributed by atoms with E-state index in [0.29, 0.717) is 6.42 Å². The summed E-state index contributed by atoms with van der Waals surface area (Å²) >= 11 is 3.27. The molecule has 0 aliphatic carbocycles. The first-order valence-electron chi connectivity index (χ1n) is 6.17. The number of hydrogen-bond donors (Lipinski definition) is 1. The molecule has 0 fully saturated rings. The van der Waals surface area contributed by atoms with Gasteiger partial charge in [0.25, 0.3) is 0 Å². The number of rotatable bonds is 3. The Labute approximate surface area is 120 Å². The highest BCUT2D eigenvalue weighted by Gasteiger charge is 2.27. The van der Waals surface area contributed by atoms with Crippen molar-refractivity contribution in [2.75, 3.05) is 0 Å². The minimum atomic E-state index is -0.853. The first-order valence-corrected chi connectivity index (χ1v) is 7.87. The molecule has 3 aromatic rings. The van der Waals surface area contributed by atoms with Gasteiger partial charge in [0.05, 0.1) is 5.01 Å². The van der Waals surface area contributed by atoms with Crippen LogP contribution < -0.4 is 0 Å². The molecule has 2 nitrogen and oxygen atoms in total. The third-order valence-electron chi connectivity index (χ3n) is 3.12. The second-order valence-electron chi connectivity index (χ2n) is 4.98. The van der Waals surface area contributed by atoms with Gasteiger partial charge in [0.1, 0.15) is 5.60 Å². The molecule has 0 aliphatic rings. The Hall–Kier alpha value is -1.23. The van der Waals surface area contributed by atoms with Crippen LogP contribution >= 0.6 is 22.7 Å². The first kappa shape index (κ1) is 12.8. The molecule has 0 radical (unpaired) electrons. The van der Waals surface area contributed by atoms with Crippen LogP contribution in [0.4, 0.5) is 0 Å². The fraction of sp³-hybridized carbons (Fsp3) is 0.267. The molecule has 2 heterocycles. The topological polar surface area (TPSA) is 33.1 Å². The van der Waals surface area contributed by atoms with Crippen LogP contribution in [-0.2, 0) is 12.0 Å². The smallest absolute Gasteiger partial charge is 0.102 e. The van der Waals surface area contributed by atoms with E-state index < -0.39 is 5.60 Å². The van der Waals surface area contributed by atoms with E-state index in [2.05, 4.69) is 23.2 Å². The van der Waals surface area contributed by atoms with Crippen LogP contribution in [0.3, 0.4) is 0 Å². The minimum Gasteiger partial charge on any atom is -0.384 e. The quantitative estimate of drug-likeness (QED) is 0.787. The maximum Gasteiger partial charge on any atom is 0.102 e. The third kappa shape index (κ3) is 2.56. The number of aliphatic hydroxyl groups is 1. The van der Waals surface area contributed by atoms with Crippen molar-refractivity contribution < 1.29 is 5.11 Å². The molecule has 19 heavy (non-hydrogen) atoms. The predicted octanol–water partition coefficient (Wildman–Crippen LogP) is 4.12. The lowest BCUT2D eigenvalue weighted by atomic mass is 10.0. The first-order chi connectivity index (χ1) is 9.04. The Balaban J connectivity index is 1.94. The zero-order valence-electron chi connectivity index (χ0n) is 10.9. The number of aryl methyl sites for hydroxylation is 1. The molecule has 4 heteroatoms. The Kier molecular flexibility index (Phi) is 3.17. The fourth-order valence-electron chi connectivity index (χ4n) is 2.11. The molecule has 1 unspecified atom stereocenters. The monoisotopic (exact) mass is 289 g/mol. The fourth-order valence-corrected chi connectivity index (χ4v) is 4.14. The molecule has 2 aromatic heterocycles. The van der Waals surface area contributed by atoms with Crippen LogP contribution in [0.15, 0.2) is 35.7 Å². The Bertz CT molecular complexity index is 679. The van der Waals surface area contributed by atoms with Gasteiger partial charge in [-0.1, -0.05) is 18.2 Å². The van der Waals surface area contributed by atoms with Crippen molar-refractivity contribution in [3.05, 3.63) is 51.3 Å². The van der Waals surface area contributed by atoms with Crippen molar-refractivity contribution in [3.8, 4) is 0 Å². The molecule has 1 aromatic carbocycles. The van der Waals surface area contributed by atoms with E-state index in [1.807, 2.05) is 31.4 Å². The van der Waals surface area contributed by atoms with E-state index in [1.165, 1.54) is 10.1 Å². The zero-order valence-corrected chi connectivity index (χ0v) is 12.5. The lowest BCUT2D eigenvalue weighted by molar-refractivity contribution is 0.0615. The molecule has 0 saturated heterocycles. The number of fused-ring (bicyclic) bond motifs is 1. The average Bonchev–Trinajstić information content (AvgIpc) is 2.95. The summed E-state index contributed by atoms with van der Waals surface area (Å²) in [5, 5.41) is 14.9. The standard InChI is InChI=1S/C15H15NOS2/c1-10-9-18-14(16-10)8-15(2,17)13-7-11-5-3-4-6-12(11)19-13/h3-7,9,17H,8H2,1-2H3. The van der Waals surface area contributed by atoms with Gasteiger partial charge < -0.3 is 5.11 Å². The summed E-state index contributed by atoms with van der Waals surface area (Å²) in [6.07, 6.45) is 0.568. The minimum absolute atomic E-state index is 0.568. The van der Waals surface area contributed by atoms with Crippen molar-refractivity contribution in [1.82, 2.24) is 4.98 Å². The molecule has 0 aliphatic heterocycles. The molecule has 0 amide bonds. The molecular weight excluding hydrogens is 274 g/mol. The number of hydrogen-bond acceptors (Lipinski definition) is 4. The van der Waals surface area contributed by atoms with Gasteiger partial charge in [0.2, 0.25) is 0 Å². The SMILES string of the molecule is Cc1csc(CC(C)(O)c2cc3ccccc3s2)n1. The van der Waals surface area contributed by atoms with E-state index in [1.54, 1.807) is 22.7 Å². The largest absolute Gasteiger partial charge is 0.384 e. The van der Waals surface area contributed by atoms with Crippen LogP contribution in [0.1, 0.15) is 22.5 Å². The van der Waals surface area contributed by atoms with Crippen molar-refractivity contribution in [1.29, 1.82) is 0 Å². The average molecular weight is 289 g/mol. The van der Waals surface area contributed by atoms with Gasteiger partial charge in [-0.05, 0) is 31.4 Å². The highest BCUT2D eigenvalue weighted by molar-refractivity contribution is 7.19. The Morgan fingerprint density at radius 2 is 2.11 bits per heavy atom. The van der Waals surface area contributed by atoms with Gasteiger partial charge in [0.15, 0.2) is 0 Å². The molecule has 0 spiro atoms. The summed E-state index contributed by atoms with van der Waals surface area (Å²) in [5.41, 5.74) is 0.167. The second kappa shape index (κ2) is 4.71. The zero-order chi connectivity index (χ0) is 13.5. The maximum atomic E-state index is 10.7. The highest BCUT2D eigenvalue weighted by atomic mass is 32.1. The van der Waals surface area contributed by atoms with Crippen LogP contribution in [-0.4, -0.2) is 10.1 Å². The van der Waals surface area contributed by atoms with Crippen molar-refractivity contribution in [2.24, 2.45) is 0 Å². The normalized spacial score (nSPS) is 14.7. The molecule has 0 saturated carbocycles. The maximum absolute atomic E-state index is 10.7. The number of thiophene rings is 1. The van der Waals surface area contributed by atoms with E-state index in [4.69, 9.17) is 0 Å². The van der Waals surface area contributed by atoms with Crippen LogP contribution in [0, 0.1) is 6.92 Å². The lowest BCUT2D eigenvalue weighted by Gasteiger charge is -2.20.